The lowest BCUT2D eigenvalue weighted by atomic mass is 10.1. The minimum Gasteiger partial charge on any atom is -0.359 e. The fourth-order valence-corrected chi connectivity index (χ4v) is 2.91. The fraction of sp³-hybridized carbons (Fsp3) is 0.263. The first-order chi connectivity index (χ1) is 12.0. The van der Waals surface area contributed by atoms with Gasteiger partial charge in [0.25, 0.3) is 0 Å². The molecule has 25 heavy (non-hydrogen) atoms. The van der Waals surface area contributed by atoms with E-state index < -0.39 is 11.6 Å². The third-order valence-corrected chi connectivity index (χ3v) is 4.39. The van der Waals surface area contributed by atoms with Crippen molar-refractivity contribution in [2.24, 2.45) is 5.92 Å². The highest BCUT2D eigenvalue weighted by molar-refractivity contribution is 5.96. The number of anilines is 1. The van der Waals surface area contributed by atoms with Crippen LogP contribution in [0.5, 0.6) is 0 Å². The lowest BCUT2D eigenvalue weighted by molar-refractivity contribution is -0.120. The predicted molar refractivity (Wildman–Crippen MR) is 90.0 cm³/mol. The highest BCUT2D eigenvalue weighted by atomic mass is 19.1. The Morgan fingerprint density at radius 2 is 1.92 bits per heavy atom. The number of para-hydroxylation sites is 1. The van der Waals surface area contributed by atoms with E-state index in [1.54, 1.807) is 31.3 Å². The molecule has 2 unspecified atom stereocenters. The van der Waals surface area contributed by atoms with Gasteiger partial charge in [-0.25, -0.2) is 8.78 Å². The topological polar surface area (TPSA) is 58.2 Å². The Kier molecular flexibility index (Phi) is 4.79. The van der Waals surface area contributed by atoms with Crippen LogP contribution in [-0.4, -0.2) is 18.9 Å². The number of rotatable bonds is 5. The molecule has 0 aliphatic heterocycles. The van der Waals surface area contributed by atoms with E-state index in [1.165, 1.54) is 12.1 Å². The number of benzene rings is 2. The quantitative estimate of drug-likeness (QED) is 0.876. The van der Waals surface area contributed by atoms with Gasteiger partial charge in [-0.2, -0.15) is 0 Å². The standard InChI is InChI=1S/C19H18F2N2O2/c1-22-18(24)8-11-4-2-3-5-17(11)23-19(25)15-10-14(15)13-7-6-12(20)9-16(13)21/h2-7,9,14-15H,8,10H2,1H3,(H,22,24)(H,23,25). The van der Waals surface area contributed by atoms with Gasteiger partial charge in [0.1, 0.15) is 11.6 Å². The molecule has 0 bridgehead atoms. The Balaban J connectivity index is 1.69. The summed E-state index contributed by atoms with van der Waals surface area (Å²) in [5, 5.41) is 5.36. The van der Waals surface area contributed by atoms with Gasteiger partial charge < -0.3 is 10.6 Å². The van der Waals surface area contributed by atoms with Gasteiger partial charge in [0.2, 0.25) is 11.8 Å². The number of amides is 2. The molecule has 2 aromatic carbocycles. The summed E-state index contributed by atoms with van der Waals surface area (Å²) in [5.41, 5.74) is 1.64. The zero-order valence-electron chi connectivity index (χ0n) is 13.7. The van der Waals surface area contributed by atoms with E-state index in [2.05, 4.69) is 10.6 Å². The molecule has 6 heteroatoms. The predicted octanol–water partition coefficient (Wildman–Crippen LogP) is 3.00. The molecule has 0 heterocycles. The maximum absolute atomic E-state index is 13.8. The van der Waals surface area contributed by atoms with E-state index in [-0.39, 0.29) is 30.1 Å². The molecule has 1 aliphatic carbocycles. The van der Waals surface area contributed by atoms with Crippen LogP contribution in [0.2, 0.25) is 0 Å². The van der Waals surface area contributed by atoms with Crippen molar-refractivity contribution < 1.29 is 18.4 Å². The van der Waals surface area contributed by atoms with Crippen LogP contribution in [0.25, 0.3) is 0 Å². The molecule has 2 N–H and O–H groups in total. The summed E-state index contributed by atoms with van der Waals surface area (Å²) in [6, 6.07) is 10.5. The summed E-state index contributed by atoms with van der Waals surface area (Å²) in [6.45, 7) is 0. The molecule has 0 saturated heterocycles. The molecular weight excluding hydrogens is 326 g/mol. The van der Waals surface area contributed by atoms with Crippen LogP contribution in [0.15, 0.2) is 42.5 Å². The van der Waals surface area contributed by atoms with Crippen LogP contribution >= 0.6 is 0 Å². The second-order valence-corrected chi connectivity index (χ2v) is 6.11. The highest BCUT2D eigenvalue weighted by Crippen LogP contribution is 2.48. The van der Waals surface area contributed by atoms with E-state index >= 15 is 0 Å². The molecule has 1 fully saturated rings. The van der Waals surface area contributed by atoms with Crippen molar-refractivity contribution in [1.29, 1.82) is 0 Å². The summed E-state index contributed by atoms with van der Waals surface area (Å²) in [4.78, 5) is 24.0. The van der Waals surface area contributed by atoms with Crippen LogP contribution in [0.4, 0.5) is 14.5 Å². The zero-order valence-corrected chi connectivity index (χ0v) is 13.7. The van der Waals surface area contributed by atoms with E-state index in [1.807, 2.05) is 0 Å². The Labute approximate surface area is 144 Å². The van der Waals surface area contributed by atoms with Crippen molar-refractivity contribution >= 4 is 17.5 Å². The molecular formula is C19H18F2N2O2. The van der Waals surface area contributed by atoms with Gasteiger partial charge in [0.15, 0.2) is 0 Å². The van der Waals surface area contributed by atoms with Crippen molar-refractivity contribution in [3.8, 4) is 0 Å². The lowest BCUT2D eigenvalue weighted by Crippen LogP contribution is -2.22. The largest absolute Gasteiger partial charge is 0.359 e. The van der Waals surface area contributed by atoms with Crippen LogP contribution in [0, 0.1) is 17.6 Å². The number of carbonyl (C=O) groups excluding carboxylic acids is 2. The number of carbonyl (C=O) groups is 2. The molecule has 1 aliphatic rings. The third kappa shape index (κ3) is 3.84. The SMILES string of the molecule is CNC(=O)Cc1ccccc1NC(=O)C1CC1c1ccc(F)cc1F. The maximum Gasteiger partial charge on any atom is 0.228 e. The Morgan fingerprint density at radius 3 is 2.64 bits per heavy atom. The van der Waals surface area contributed by atoms with Crippen molar-refractivity contribution in [2.75, 3.05) is 12.4 Å². The number of hydrogen-bond acceptors (Lipinski definition) is 2. The maximum atomic E-state index is 13.8. The third-order valence-electron chi connectivity index (χ3n) is 4.39. The summed E-state index contributed by atoms with van der Waals surface area (Å²) in [6.07, 6.45) is 0.680. The first-order valence-corrected chi connectivity index (χ1v) is 8.04. The van der Waals surface area contributed by atoms with Gasteiger partial charge in [-0.05, 0) is 35.6 Å². The molecule has 3 rings (SSSR count). The fourth-order valence-electron chi connectivity index (χ4n) is 2.91. The Morgan fingerprint density at radius 1 is 1.16 bits per heavy atom. The normalized spacial score (nSPS) is 18.5. The summed E-state index contributed by atoms with van der Waals surface area (Å²) in [5.74, 6) is -2.23. The molecule has 2 aromatic rings. The molecule has 0 spiro atoms. The number of hydrogen-bond donors (Lipinski definition) is 2. The van der Waals surface area contributed by atoms with Gasteiger partial charge in [-0.3, -0.25) is 9.59 Å². The minimum absolute atomic E-state index is 0.153. The van der Waals surface area contributed by atoms with Crippen molar-refractivity contribution in [2.45, 2.75) is 18.8 Å². The van der Waals surface area contributed by atoms with E-state index in [9.17, 15) is 18.4 Å². The van der Waals surface area contributed by atoms with Crippen LogP contribution in [-0.2, 0) is 16.0 Å². The van der Waals surface area contributed by atoms with E-state index in [0.29, 0.717) is 23.2 Å². The molecule has 2 amide bonds. The van der Waals surface area contributed by atoms with Crippen molar-refractivity contribution in [1.82, 2.24) is 5.32 Å². The van der Waals surface area contributed by atoms with Crippen molar-refractivity contribution in [3.63, 3.8) is 0 Å². The van der Waals surface area contributed by atoms with Gasteiger partial charge in [0, 0.05) is 24.7 Å². The average Bonchev–Trinajstić information content (AvgIpc) is 3.37. The monoisotopic (exact) mass is 344 g/mol. The Bertz CT molecular complexity index is 823. The van der Waals surface area contributed by atoms with Gasteiger partial charge in [-0.1, -0.05) is 24.3 Å². The first-order valence-electron chi connectivity index (χ1n) is 8.04. The summed E-state index contributed by atoms with van der Waals surface area (Å²) in [7, 11) is 1.55. The number of nitrogens with one attached hydrogen (secondary N) is 2. The molecule has 0 aromatic heterocycles. The smallest absolute Gasteiger partial charge is 0.228 e. The minimum atomic E-state index is -0.633. The van der Waals surface area contributed by atoms with Crippen molar-refractivity contribution in [3.05, 3.63) is 65.2 Å². The summed E-state index contributed by atoms with van der Waals surface area (Å²) < 4.78 is 26.8. The molecule has 1 saturated carbocycles. The molecule has 0 radical (unpaired) electrons. The second-order valence-electron chi connectivity index (χ2n) is 6.11. The molecule has 130 valence electrons. The van der Waals surface area contributed by atoms with E-state index in [0.717, 1.165) is 6.07 Å². The molecule has 4 nitrogen and oxygen atoms in total. The zero-order chi connectivity index (χ0) is 18.0. The molecule has 2 atom stereocenters. The van der Waals surface area contributed by atoms with Gasteiger partial charge >= 0.3 is 0 Å². The lowest BCUT2D eigenvalue weighted by Gasteiger charge is -2.11. The average molecular weight is 344 g/mol. The summed E-state index contributed by atoms with van der Waals surface area (Å²) >= 11 is 0. The van der Waals surface area contributed by atoms with Crippen LogP contribution < -0.4 is 10.6 Å². The first kappa shape index (κ1) is 17.1. The van der Waals surface area contributed by atoms with E-state index in [4.69, 9.17) is 0 Å². The van der Waals surface area contributed by atoms with Crippen LogP contribution in [0.3, 0.4) is 0 Å². The highest BCUT2D eigenvalue weighted by Gasteiger charge is 2.45. The number of likely N-dealkylation sites (N-methyl/N-ethyl adjacent to an activating group) is 1. The van der Waals surface area contributed by atoms with Gasteiger partial charge in [0.05, 0.1) is 6.42 Å². The number of halogens is 2. The van der Waals surface area contributed by atoms with Gasteiger partial charge in [-0.15, -0.1) is 0 Å². The van der Waals surface area contributed by atoms with Crippen LogP contribution in [0.1, 0.15) is 23.5 Å². The second kappa shape index (κ2) is 7.01. The Hall–Kier alpha value is -2.76.